The number of nitro benzene ring substituents is 1. The van der Waals surface area contributed by atoms with Crippen LogP contribution >= 0.6 is 11.3 Å². The number of aryl methyl sites for hydroxylation is 1. The molecule has 5 nitrogen and oxygen atoms in total. The number of amides is 1. The molecule has 2 aromatic carbocycles. The van der Waals surface area contributed by atoms with Crippen LogP contribution < -0.4 is 5.32 Å². The summed E-state index contributed by atoms with van der Waals surface area (Å²) in [4.78, 5) is 23.3. The Morgan fingerprint density at radius 1 is 1.17 bits per heavy atom. The van der Waals surface area contributed by atoms with Crippen molar-refractivity contribution in [2.45, 2.75) is 13.8 Å². The van der Waals surface area contributed by atoms with Gasteiger partial charge in [0.25, 0.3) is 11.6 Å². The average Bonchev–Trinajstić information content (AvgIpc) is 2.95. The van der Waals surface area contributed by atoms with E-state index in [0.29, 0.717) is 10.3 Å². The molecule has 0 saturated carbocycles. The summed E-state index contributed by atoms with van der Waals surface area (Å²) in [6, 6.07) is 12.0. The van der Waals surface area contributed by atoms with Gasteiger partial charge in [-0.1, -0.05) is 12.1 Å². The highest BCUT2D eigenvalue weighted by Crippen LogP contribution is 2.29. The largest absolute Gasteiger partial charge is 0.321 e. The number of non-ortho nitro benzene ring substituents is 1. The van der Waals surface area contributed by atoms with Gasteiger partial charge in [-0.2, -0.15) is 0 Å². The SMILES string of the molecule is Cc1cccc(NC(=O)c2cc3cc([N+](=O)[O-])ccc3s2)c1C. The smallest absolute Gasteiger partial charge is 0.270 e. The summed E-state index contributed by atoms with van der Waals surface area (Å²) in [6.45, 7) is 3.95. The van der Waals surface area contributed by atoms with Crippen LogP contribution in [0.2, 0.25) is 0 Å². The van der Waals surface area contributed by atoms with E-state index in [1.807, 2.05) is 32.0 Å². The maximum Gasteiger partial charge on any atom is 0.270 e. The van der Waals surface area contributed by atoms with Crippen LogP contribution in [0.3, 0.4) is 0 Å². The lowest BCUT2D eigenvalue weighted by Gasteiger charge is -2.09. The van der Waals surface area contributed by atoms with E-state index < -0.39 is 4.92 Å². The van der Waals surface area contributed by atoms with Crippen LogP contribution in [0.4, 0.5) is 11.4 Å². The molecule has 6 heteroatoms. The lowest BCUT2D eigenvalue weighted by Crippen LogP contribution is -2.11. The Morgan fingerprint density at radius 2 is 1.96 bits per heavy atom. The minimum Gasteiger partial charge on any atom is -0.321 e. The van der Waals surface area contributed by atoms with E-state index >= 15 is 0 Å². The second kappa shape index (κ2) is 5.81. The summed E-state index contributed by atoms with van der Waals surface area (Å²) in [5, 5.41) is 14.4. The van der Waals surface area contributed by atoms with Crippen molar-refractivity contribution in [3.8, 4) is 0 Å². The molecule has 0 radical (unpaired) electrons. The molecular weight excluding hydrogens is 312 g/mol. The topological polar surface area (TPSA) is 72.2 Å². The number of hydrogen-bond acceptors (Lipinski definition) is 4. The second-order valence-corrected chi connectivity index (χ2v) is 6.38. The number of nitrogens with one attached hydrogen (secondary N) is 1. The number of nitro groups is 1. The fraction of sp³-hybridized carbons (Fsp3) is 0.118. The molecular formula is C17H14N2O3S. The Labute approximate surface area is 136 Å². The van der Waals surface area contributed by atoms with E-state index in [4.69, 9.17) is 0 Å². The first-order valence-electron chi connectivity index (χ1n) is 7.01. The van der Waals surface area contributed by atoms with Gasteiger partial charge < -0.3 is 5.32 Å². The molecule has 0 bridgehead atoms. The van der Waals surface area contributed by atoms with Crippen LogP contribution in [0.1, 0.15) is 20.8 Å². The van der Waals surface area contributed by atoms with Crippen LogP contribution in [0.15, 0.2) is 42.5 Å². The monoisotopic (exact) mass is 326 g/mol. The number of rotatable bonds is 3. The Bertz CT molecular complexity index is 931. The van der Waals surface area contributed by atoms with Crippen molar-refractivity contribution in [2.75, 3.05) is 5.32 Å². The van der Waals surface area contributed by atoms with E-state index in [9.17, 15) is 14.9 Å². The number of benzene rings is 2. The molecule has 0 aliphatic carbocycles. The first-order chi connectivity index (χ1) is 11.0. The van der Waals surface area contributed by atoms with E-state index in [0.717, 1.165) is 21.5 Å². The molecule has 3 aromatic rings. The van der Waals surface area contributed by atoms with Crippen LogP contribution in [0.5, 0.6) is 0 Å². The van der Waals surface area contributed by atoms with Crippen molar-refractivity contribution in [1.29, 1.82) is 0 Å². The normalized spacial score (nSPS) is 10.7. The summed E-state index contributed by atoms with van der Waals surface area (Å²) < 4.78 is 0.849. The van der Waals surface area contributed by atoms with E-state index in [-0.39, 0.29) is 11.6 Å². The highest BCUT2D eigenvalue weighted by atomic mass is 32.1. The molecule has 0 spiro atoms. The molecule has 1 amide bonds. The van der Waals surface area contributed by atoms with Gasteiger partial charge >= 0.3 is 0 Å². The molecule has 0 aliphatic rings. The van der Waals surface area contributed by atoms with Gasteiger partial charge in [-0.15, -0.1) is 11.3 Å². The molecule has 0 atom stereocenters. The number of thiophene rings is 1. The third kappa shape index (κ3) is 2.93. The lowest BCUT2D eigenvalue weighted by molar-refractivity contribution is -0.384. The van der Waals surface area contributed by atoms with E-state index in [2.05, 4.69) is 5.32 Å². The first-order valence-corrected chi connectivity index (χ1v) is 7.83. The maximum absolute atomic E-state index is 12.4. The molecule has 0 aliphatic heterocycles. The Kier molecular flexibility index (Phi) is 3.83. The third-order valence-electron chi connectivity index (χ3n) is 3.79. The number of carbonyl (C=O) groups excluding carboxylic acids is 1. The van der Waals surface area contributed by atoms with E-state index in [1.165, 1.54) is 23.5 Å². The molecule has 3 rings (SSSR count). The van der Waals surface area contributed by atoms with Gasteiger partial charge in [0.2, 0.25) is 0 Å². The van der Waals surface area contributed by atoms with Gasteiger partial charge in [0.1, 0.15) is 0 Å². The fourth-order valence-corrected chi connectivity index (χ4v) is 3.26. The Hall–Kier alpha value is -2.73. The van der Waals surface area contributed by atoms with Crippen LogP contribution in [0, 0.1) is 24.0 Å². The van der Waals surface area contributed by atoms with Crippen LogP contribution in [-0.4, -0.2) is 10.8 Å². The van der Waals surface area contributed by atoms with Gasteiger partial charge in [-0.25, -0.2) is 0 Å². The van der Waals surface area contributed by atoms with Crippen molar-refractivity contribution in [2.24, 2.45) is 0 Å². The molecule has 0 saturated heterocycles. The fourth-order valence-electron chi connectivity index (χ4n) is 2.33. The predicted octanol–water partition coefficient (Wildman–Crippen LogP) is 4.68. The molecule has 1 aromatic heterocycles. The Balaban J connectivity index is 1.92. The molecule has 1 heterocycles. The van der Waals surface area contributed by atoms with Crippen molar-refractivity contribution >= 4 is 38.7 Å². The highest BCUT2D eigenvalue weighted by molar-refractivity contribution is 7.20. The van der Waals surface area contributed by atoms with E-state index in [1.54, 1.807) is 12.1 Å². The molecule has 1 N–H and O–H groups in total. The average molecular weight is 326 g/mol. The van der Waals surface area contributed by atoms with Gasteiger partial charge in [0.15, 0.2) is 0 Å². The zero-order chi connectivity index (χ0) is 16.6. The predicted molar refractivity (Wildman–Crippen MR) is 92.3 cm³/mol. The maximum atomic E-state index is 12.4. The number of anilines is 1. The zero-order valence-electron chi connectivity index (χ0n) is 12.6. The van der Waals surface area contributed by atoms with Crippen molar-refractivity contribution < 1.29 is 9.72 Å². The number of carbonyl (C=O) groups is 1. The Morgan fingerprint density at radius 3 is 2.70 bits per heavy atom. The second-order valence-electron chi connectivity index (χ2n) is 5.29. The molecule has 0 fully saturated rings. The minimum absolute atomic E-state index is 0.0248. The number of fused-ring (bicyclic) bond motifs is 1. The first kappa shape index (κ1) is 15.2. The zero-order valence-corrected chi connectivity index (χ0v) is 13.4. The summed E-state index contributed by atoms with van der Waals surface area (Å²) in [6.07, 6.45) is 0. The van der Waals surface area contributed by atoms with Gasteiger partial charge in [-0.3, -0.25) is 14.9 Å². The standard InChI is InChI=1S/C17H14N2O3S/c1-10-4-3-5-14(11(10)2)18-17(20)16-9-12-8-13(19(21)22)6-7-15(12)23-16/h3-9H,1-2H3,(H,18,20). The van der Waals surface area contributed by atoms with Crippen molar-refractivity contribution in [1.82, 2.24) is 0 Å². The lowest BCUT2D eigenvalue weighted by atomic mass is 10.1. The summed E-state index contributed by atoms with van der Waals surface area (Å²) in [5.74, 6) is -0.206. The molecule has 23 heavy (non-hydrogen) atoms. The highest BCUT2D eigenvalue weighted by Gasteiger charge is 2.14. The van der Waals surface area contributed by atoms with Crippen molar-refractivity contribution in [3.63, 3.8) is 0 Å². The molecule has 0 unspecified atom stereocenters. The quantitative estimate of drug-likeness (QED) is 0.561. The minimum atomic E-state index is -0.438. The third-order valence-corrected chi connectivity index (χ3v) is 4.90. The van der Waals surface area contributed by atoms with Crippen molar-refractivity contribution in [3.05, 3.63) is 68.6 Å². The van der Waals surface area contributed by atoms with Crippen LogP contribution in [-0.2, 0) is 0 Å². The van der Waals surface area contributed by atoms with Gasteiger partial charge in [0, 0.05) is 27.9 Å². The number of hydrogen-bond donors (Lipinski definition) is 1. The molecule has 116 valence electrons. The number of nitrogens with zero attached hydrogens (tertiary/aromatic N) is 1. The summed E-state index contributed by atoms with van der Waals surface area (Å²) in [7, 11) is 0. The van der Waals surface area contributed by atoms with Gasteiger partial charge in [-0.05, 0) is 43.2 Å². The van der Waals surface area contributed by atoms with Gasteiger partial charge in [0.05, 0.1) is 9.80 Å². The summed E-state index contributed by atoms with van der Waals surface area (Å²) >= 11 is 1.32. The summed E-state index contributed by atoms with van der Waals surface area (Å²) in [5.41, 5.74) is 2.93. The van der Waals surface area contributed by atoms with Crippen LogP contribution in [0.25, 0.3) is 10.1 Å².